The van der Waals surface area contributed by atoms with Crippen molar-refractivity contribution in [3.8, 4) is 11.3 Å². The molecular weight excluding hydrogens is 433 g/mol. The summed E-state index contributed by atoms with van der Waals surface area (Å²) in [7, 11) is 0. The number of nitrogens with one attached hydrogen (secondary N) is 2. The van der Waals surface area contributed by atoms with Crippen molar-refractivity contribution in [3.05, 3.63) is 71.3 Å². The number of rotatable bonds is 5. The van der Waals surface area contributed by atoms with Crippen LogP contribution in [0.2, 0.25) is 0 Å². The Balaban J connectivity index is 1.49. The number of hydrogen-bond acceptors (Lipinski definition) is 6. The van der Waals surface area contributed by atoms with Crippen LogP contribution in [-0.2, 0) is 6.54 Å². The molecule has 1 saturated heterocycles. The first-order chi connectivity index (χ1) is 16.5. The molecule has 0 bridgehead atoms. The summed E-state index contributed by atoms with van der Waals surface area (Å²) in [6, 6.07) is 12.2. The Morgan fingerprint density at radius 3 is 2.91 bits per heavy atom. The minimum absolute atomic E-state index is 0.0456. The van der Waals surface area contributed by atoms with Crippen LogP contribution in [0.5, 0.6) is 0 Å². The lowest BCUT2D eigenvalue weighted by molar-refractivity contribution is 0.0950. The van der Waals surface area contributed by atoms with Crippen LogP contribution >= 0.6 is 0 Å². The summed E-state index contributed by atoms with van der Waals surface area (Å²) in [6.45, 7) is 3.69. The number of benzene rings is 2. The summed E-state index contributed by atoms with van der Waals surface area (Å²) < 4.78 is 16.6. The van der Waals surface area contributed by atoms with E-state index in [0.717, 1.165) is 31.5 Å². The summed E-state index contributed by atoms with van der Waals surface area (Å²) in [6.07, 6.45) is 3.46. The molecule has 0 radical (unpaired) electrons. The average molecular weight is 460 g/mol. The van der Waals surface area contributed by atoms with Crippen molar-refractivity contribution in [2.75, 3.05) is 18.8 Å². The van der Waals surface area contributed by atoms with Gasteiger partial charge in [0.05, 0.1) is 11.4 Å². The molecule has 4 N–H and O–H groups in total. The van der Waals surface area contributed by atoms with Gasteiger partial charge in [-0.3, -0.25) is 4.79 Å². The van der Waals surface area contributed by atoms with Crippen molar-refractivity contribution in [3.63, 3.8) is 0 Å². The van der Waals surface area contributed by atoms with Crippen LogP contribution in [0.25, 0.3) is 22.3 Å². The highest BCUT2D eigenvalue weighted by Crippen LogP contribution is 2.33. The highest BCUT2D eigenvalue weighted by atomic mass is 19.1. The standard InChI is InChI=1S/C25H26FN7O/c1-15-5-2-3-7-19(15)25(34)29-12-17-11-16(8-9-20(17)26)22-21-23(27)30-14-31-24(21)33(32-22)18-6-4-10-28-13-18/h2-3,5,7-9,11,14,18,28H,4,6,10,12-13H2,1H3,(H,29,34)(H2,27,30,31)/t18-/m1/s1. The van der Waals surface area contributed by atoms with Gasteiger partial charge in [0.25, 0.3) is 5.91 Å². The third-order valence-electron chi connectivity index (χ3n) is 6.28. The lowest BCUT2D eigenvalue weighted by Gasteiger charge is -2.23. The molecule has 2 aromatic heterocycles. The number of halogens is 1. The van der Waals surface area contributed by atoms with E-state index in [2.05, 4.69) is 20.6 Å². The van der Waals surface area contributed by atoms with Crippen molar-refractivity contribution in [2.45, 2.75) is 32.4 Å². The Morgan fingerprint density at radius 1 is 1.26 bits per heavy atom. The number of hydrogen-bond donors (Lipinski definition) is 3. The van der Waals surface area contributed by atoms with E-state index in [9.17, 15) is 9.18 Å². The summed E-state index contributed by atoms with van der Waals surface area (Å²) in [4.78, 5) is 21.2. The largest absolute Gasteiger partial charge is 0.383 e. The maximum absolute atomic E-state index is 14.7. The molecule has 0 aliphatic carbocycles. The fourth-order valence-corrected chi connectivity index (χ4v) is 4.45. The Bertz CT molecular complexity index is 1360. The van der Waals surface area contributed by atoms with Crippen LogP contribution < -0.4 is 16.4 Å². The SMILES string of the molecule is Cc1ccccc1C(=O)NCc1cc(-c2nn([C@@H]3CCCNC3)c3ncnc(N)c23)ccc1F. The minimum atomic E-state index is -0.404. The fraction of sp³-hybridized carbons (Fsp3) is 0.280. The van der Waals surface area contributed by atoms with Crippen molar-refractivity contribution < 1.29 is 9.18 Å². The zero-order valence-corrected chi connectivity index (χ0v) is 18.9. The number of nitrogen functional groups attached to an aromatic ring is 1. The Labute approximate surface area is 196 Å². The second-order valence-electron chi connectivity index (χ2n) is 8.55. The van der Waals surface area contributed by atoms with E-state index in [1.165, 1.54) is 12.4 Å². The molecule has 9 heteroatoms. The van der Waals surface area contributed by atoms with Gasteiger partial charge in [0.1, 0.15) is 23.7 Å². The molecule has 3 heterocycles. The van der Waals surface area contributed by atoms with Crippen molar-refractivity contribution in [2.24, 2.45) is 0 Å². The van der Waals surface area contributed by atoms with E-state index in [4.69, 9.17) is 10.8 Å². The van der Waals surface area contributed by atoms with Gasteiger partial charge < -0.3 is 16.4 Å². The molecule has 1 aliphatic heterocycles. The van der Waals surface area contributed by atoms with Crippen molar-refractivity contribution in [1.29, 1.82) is 0 Å². The van der Waals surface area contributed by atoms with Crippen molar-refractivity contribution >= 4 is 22.8 Å². The fourth-order valence-electron chi connectivity index (χ4n) is 4.45. The van der Waals surface area contributed by atoms with Gasteiger partial charge in [-0.2, -0.15) is 5.10 Å². The van der Waals surface area contributed by atoms with Gasteiger partial charge in [-0.25, -0.2) is 19.0 Å². The zero-order chi connectivity index (χ0) is 23.7. The van der Waals surface area contributed by atoms with Gasteiger partial charge in [0.2, 0.25) is 0 Å². The van der Waals surface area contributed by atoms with E-state index < -0.39 is 5.82 Å². The predicted octanol–water partition coefficient (Wildman–Crippen LogP) is 3.38. The van der Waals surface area contributed by atoms with E-state index in [-0.39, 0.29) is 18.5 Å². The molecule has 2 aromatic carbocycles. The van der Waals surface area contributed by atoms with Crippen LogP contribution in [0.3, 0.4) is 0 Å². The average Bonchev–Trinajstić information content (AvgIpc) is 3.25. The molecule has 1 atom stereocenters. The van der Waals surface area contributed by atoms with Gasteiger partial charge in [-0.05, 0) is 56.1 Å². The van der Waals surface area contributed by atoms with E-state index in [1.54, 1.807) is 24.3 Å². The number of nitrogens with two attached hydrogens (primary N) is 1. The number of nitrogens with zero attached hydrogens (tertiary/aromatic N) is 4. The second-order valence-corrected chi connectivity index (χ2v) is 8.55. The van der Waals surface area contributed by atoms with Gasteiger partial charge >= 0.3 is 0 Å². The van der Waals surface area contributed by atoms with Gasteiger partial charge in [0.15, 0.2) is 5.65 Å². The first kappa shape index (κ1) is 22.0. The third kappa shape index (κ3) is 4.10. The highest BCUT2D eigenvalue weighted by Gasteiger charge is 2.24. The Hall–Kier alpha value is -3.85. The summed E-state index contributed by atoms with van der Waals surface area (Å²) in [5.41, 5.74) is 9.97. The first-order valence-electron chi connectivity index (χ1n) is 11.3. The number of aromatic nitrogens is 4. The number of anilines is 1. The lowest BCUT2D eigenvalue weighted by Crippen LogP contribution is -2.32. The summed E-state index contributed by atoms with van der Waals surface area (Å²) in [5.74, 6) is -0.327. The Kier molecular flexibility index (Phi) is 5.93. The molecule has 0 spiro atoms. The molecule has 5 rings (SSSR count). The molecule has 0 saturated carbocycles. The molecule has 1 fully saturated rings. The zero-order valence-electron chi connectivity index (χ0n) is 18.9. The van der Waals surface area contributed by atoms with Gasteiger partial charge in [-0.1, -0.05) is 18.2 Å². The van der Waals surface area contributed by atoms with Gasteiger partial charge in [-0.15, -0.1) is 0 Å². The first-order valence-corrected chi connectivity index (χ1v) is 11.3. The van der Waals surface area contributed by atoms with Crippen LogP contribution in [-0.4, -0.2) is 38.7 Å². The van der Waals surface area contributed by atoms with E-state index in [1.807, 2.05) is 23.7 Å². The maximum atomic E-state index is 14.7. The number of carbonyl (C=O) groups is 1. The molecule has 34 heavy (non-hydrogen) atoms. The number of fused-ring (bicyclic) bond motifs is 1. The van der Waals surface area contributed by atoms with Crippen molar-refractivity contribution in [1.82, 2.24) is 30.4 Å². The molecule has 4 aromatic rings. The van der Waals surface area contributed by atoms with Crippen LogP contribution in [0.1, 0.15) is 40.4 Å². The molecule has 8 nitrogen and oxygen atoms in total. The topological polar surface area (TPSA) is 111 Å². The quantitative estimate of drug-likeness (QED) is 0.422. The molecule has 1 aliphatic rings. The monoisotopic (exact) mass is 459 g/mol. The predicted molar refractivity (Wildman–Crippen MR) is 129 cm³/mol. The van der Waals surface area contributed by atoms with Crippen LogP contribution in [0, 0.1) is 12.7 Å². The normalized spacial score (nSPS) is 16.0. The smallest absolute Gasteiger partial charge is 0.251 e. The van der Waals surface area contributed by atoms with Crippen LogP contribution in [0.15, 0.2) is 48.8 Å². The molecular formula is C25H26FN7O. The van der Waals surface area contributed by atoms with Crippen LogP contribution in [0.4, 0.5) is 10.2 Å². The minimum Gasteiger partial charge on any atom is -0.383 e. The second kappa shape index (κ2) is 9.18. The number of piperidine rings is 1. The lowest BCUT2D eigenvalue weighted by atomic mass is 10.0. The maximum Gasteiger partial charge on any atom is 0.251 e. The molecule has 174 valence electrons. The Morgan fingerprint density at radius 2 is 2.12 bits per heavy atom. The summed E-state index contributed by atoms with van der Waals surface area (Å²) >= 11 is 0. The number of aryl methyl sites for hydroxylation is 1. The molecule has 1 amide bonds. The van der Waals surface area contributed by atoms with Gasteiger partial charge in [0, 0.05) is 29.8 Å². The number of amides is 1. The van der Waals surface area contributed by atoms with E-state index in [0.29, 0.717) is 39.2 Å². The third-order valence-corrected chi connectivity index (χ3v) is 6.28. The van der Waals surface area contributed by atoms with E-state index >= 15 is 0 Å². The summed E-state index contributed by atoms with van der Waals surface area (Å²) in [5, 5.41) is 11.7. The number of carbonyl (C=O) groups excluding carboxylic acids is 1. The highest BCUT2D eigenvalue weighted by molar-refractivity contribution is 5.98. The molecule has 0 unspecified atom stereocenters.